The Balaban J connectivity index is 2.27. The van der Waals surface area contributed by atoms with Crippen LogP contribution in [0.15, 0.2) is 65.5 Å². The van der Waals surface area contributed by atoms with E-state index in [0.29, 0.717) is 16.8 Å². The molecule has 0 aliphatic heterocycles. The van der Waals surface area contributed by atoms with Gasteiger partial charge in [0.15, 0.2) is 0 Å². The highest BCUT2D eigenvalue weighted by Gasteiger charge is 2.27. The van der Waals surface area contributed by atoms with Gasteiger partial charge in [-0.3, -0.25) is 9.59 Å². The molecule has 0 saturated heterocycles. The molecule has 1 heterocycles. The predicted octanol–water partition coefficient (Wildman–Crippen LogP) is 2.60. The van der Waals surface area contributed by atoms with E-state index in [-0.39, 0.29) is 12.2 Å². The Labute approximate surface area is 156 Å². The van der Waals surface area contributed by atoms with Gasteiger partial charge in [0.1, 0.15) is 5.56 Å². The summed E-state index contributed by atoms with van der Waals surface area (Å²) in [5, 5.41) is 18.8. The van der Waals surface area contributed by atoms with Crippen molar-refractivity contribution in [3.63, 3.8) is 0 Å². The SMILES string of the molecule is CC(C)(CO)NC(=O)c1c(-c2ccccc2)c(-c2ccccc2)n[nH]c1=O. The van der Waals surface area contributed by atoms with Gasteiger partial charge < -0.3 is 10.4 Å². The number of carbonyl (C=O) groups is 1. The number of rotatable bonds is 5. The van der Waals surface area contributed by atoms with Crippen LogP contribution < -0.4 is 10.9 Å². The number of H-pyrrole nitrogens is 1. The van der Waals surface area contributed by atoms with Gasteiger partial charge in [-0.25, -0.2) is 5.10 Å². The summed E-state index contributed by atoms with van der Waals surface area (Å²) < 4.78 is 0. The van der Waals surface area contributed by atoms with Crippen molar-refractivity contribution in [2.45, 2.75) is 19.4 Å². The Hall–Kier alpha value is -3.25. The highest BCUT2D eigenvalue weighted by molar-refractivity contribution is 6.03. The fraction of sp³-hybridized carbons (Fsp3) is 0.190. The van der Waals surface area contributed by atoms with Crippen LogP contribution >= 0.6 is 0 Å². The van der Waals surface area contributed by atoms with Gasteiger partial charge in [-0.15, -0.1) is 0 Å². The Morgan fingerprint density at radius 2 is 1.59 bits per heavy atom. The maximum Gasteiger partial charge on any atom is 0.277 e. The summed E-state index contributed by atoms with van der Waals surface area (Å²) >= 11 is 0. The second kappa shape index (κ2) is 7.55. The van der Waals surface area contributed by atoms with Crippen LogP contribution in [0.2, 0.25) is 0 Å². The summed E-state index contributed by atoms with van der Waals surface area (Å²) in [6.45, 7) is 3.11. The van der Waals surface area contributed by atoms with Crippen molar-refractivity contribution in [3.05, 3.63) is 76.6 Å². The zero-order chi connectivity index (χ0) is 19.4. The standard InChI is InChI=1S/C21H21N3O3/c1-21(2,13-25)22-19(26)17-16(14-9-5-3-6-10-14)18(23-24-20(17)27)15-11-7-4-8-12-15/h3-12,25H,13H2,1-2H3,(H,22,26)(H,24,27). The predicted molar refractivity (Wildman–Crippen MR) is 104 cm³/mol. The zero-order valence-corrected chi connectivity index (χ0v) is 15.2. The number of hydrogen-bond acceptors (Lipinski definition) is 4. The van der Waals surface area contributed by atoms with E-state index in [0.717, 1.165) is 5.56 Å². The van der Waals surface area contributed by atoms with Gasteiger partial charge in [0.25, 0.3) is 11.5 Å². The smallest absolute Gasteiger partial charge is 0.277 e. The number of hydrogen-bond donors (Lipinski definition) is 3. The lowest BCUT2D eigenvalue weighted by molar-refractivity contribution is 0.0868. The van der Waals surface area contributed by atoms with E-state index in [4.69, 9.17) is 0 Å². The lowest BCUT2D eigenvalue weighted by Gasteiger charge is -2.24. The first-order chi connectivity index (χ1) is 12.9. The molecule has 3 aromatic rings. The summed E-state index contributed by atoms with van der Waals surface area (Å²) in [6, 6.07) is 18.6. The van der Waals surface area contributed by atoms with Crippen molar-refractivity contribution in [1.82, 2.24) is 15.5 Å². The van der Waals surface area contributed by atoms with E-state index in [1.54, 1.807) is 13.8 Å². The monoisotopic (exact) mass is 363 g/mol. The lowest BCUT2D eigenvalue weighted by atomic mass is 9.94. The Kier molecular flexibility index (Phi) is 5.19. The van der Waals surface area contributed by atoms with Gasteiger partial charge in [0.2, 0.25) is 0 Å². The molecule has 6 nitrogen and oxygen atoms in total. The Bertz CT molecular complexity index is 996. The first kappa shape index (κ1) is 18.5. The molecular weight excluding hydrogens is 342 g/mol. The molecule has 3 rings (SSSR count). The first-order valence-electron chi connectivity index (χ1n) is 8.60. The van der Waals surface area contributed by atoms with Crippen LogP contribution in [-0.4, -0.2) is 33.4 Å². The third kappa shape index (κ3) is 3.96. The second-order valence-electron chi connectivity index (χ2n) is 6.88. The van der Waals surface area contributed by atoms with Gasteiger partial charge in [0.05, 0.1) is 17.8 Å². The molecule has 3 N–H and O–H groups in total. The van der Waals surface area contributed by atoms with Gasteiger partial charge in [-0.2, -0.15) is 5.10 Å². The van der Waals surface area contributed by atoms with Crippen LogP contribution in [0, 0.1) is 0 Å². The van der Waals surface area contributed by atoms with Crippen molar-refractivity contribution < 1.29 is 9.90 Å². The number of aromatic amines is 1. The quantitative estimate of drug-likeness (QED) is 0.649. The van der Waals surface area contributed by atoms with Gasteiger partial charge in [0, 0.05) is 11.1 Å². The maximum atomic E-state index is 12.9. The van der Waals surface area contributed by atoms with E-state index < -0.39 is 17.0 Å². The third-order valence-corrected chi connectivity index (χ3v) is 4.17. The number of nitrogens with zero attached hydrogens (tertiary/aromatic N) is 1. The average molecular weight is 363 g/mol. The fourth-order valence-electron chi connectivity index (χ4n) is 2.77. The van der Waals surface area contributed by atoms with Gasteiger partial charge in [-0.05, 0) is 19.4 Å². The fourth-order valence-corrected chi connectivity index (χ4v) is 2.77. The Morgan fingerprint density at radius 1 is 1.04 bits per heavy atom. The molecular formula is C21H21N3O3. The topological polar surface area (TPSA) is 95.1 Å². The number of nitrogens with one attached hydrogen (secondary N) is 2. The van der Waals surface area contributed by atoms with E-state index in [9.17, 15) is 14.7 Å². The molecule has 138 valence electrons. The van der Waals surface area contributed by atoms with Crippen LogP contribution in [-0.2, 0) is 0 Å². The molecule has 0 aliphatic rings. The van der Waals surface area contributed by atoms with Crippen molar-refractivity contribution in [2.24, 2.45) is 0 Å². The minimum absolute atomic E-state index is 0.0309. The van der Waals surface area contributed by atoms with Crippen LogP contribution in [0.5, 0.6) is 0 Å². The molecule has 27 heavy (non-hydrogen) atoms. The third-order valence-electron chi connectivity index (χ3n) is 4.17. The summed E-state index contributed by atoms with van der Waals surface area (Å²) in [5.74, 6) is -0.561. The molecule has 6 heteroatoms. The molecule has 0 bridgehead atoms. The van der Waals surface area contributed by atoms with E-state index in [2.05, 4.69) is 15.5 Å². The van der Waals surface area contributed by atoms with Crippen LogP contribution in [0.25, 0.3) is 22.4 Å². The van der Waals surface area contributed by atoms with E-state index >= 15 is 0 Å². The lowest BCUT2D eigenvalue weighted by Crippen LogP contribution is -2.47. The van der Waals surface area contributed by atoms with Gasteiger partial charge in [-0.1, -0.05) is 60.7 Å². The summed E-state index contributed by atoms with van der Waals surface area (Å²) in [6.07, 6.45) is 0. The minimum atomic E-state index is -0.867. The molecule has 0 aliphatic carbocycles. The molecule has 1 amide bonds. The summed E-state index contributed by atoms with van der Waals surface area (Å²) in [5.41, 5.74) is 0.972. The number of aliphatic hydroxyl groups is 1. The minimum Gasteiger partial charge on any atom is -0.394 e. The molecule has 1 aromatic heterocycles. The Morgan fingerprint density at radius 3 is 2.15 bits per heavy atom. The number of amides is 1. The number of aliphatic hydroxyl groups excluding tert-OH is 1. The number of benzene rings is 2. The number of carbonyl (C=O) groups excluding carboxylic acids is 1. The van der Waals surface area contributed by atoms with Gasteiger partial charge >= 0.3 is 0 Å². The largest absolute Gasteiger partial charge is 0.394 e. The van der Waals surface area contributed by atoms with Crippen LogP contribution in [0.1, 0.15) is 24.2 Å². The second-order valence-corrected chi connectivity index (χ2v) is 6.88. The molecule has 2 aromatic carbocycles. The summed E-state index contributed by atoms with van der Waals surface area (Å²) in [7, 11) is 0. The molecule has 0 saturated carbocycles. The molecule has 0 radical (unpaired) electrons. The maximum absolute atomic E-state index is 12.9. The average Bonchev–Trinajstić information content (AvgIpc) is 2.68. The van der Waals surface area contributed by atoms with Crippen LogP contribution in [0.3, 0.4) is 0 Å². The van der Waals surface area contributed by atoms with E-state index in [1.807, 2.05) is 60.7 Å². The van der Waals surface area contributed by atoms with E-state index in [1.165, 1.54) is 0 Å². The highest BCUT2D eigenvalue weighted by Crippen LogP contribution is 2.31. The molecule has 0 atom stereocenters. The number of aromatic nitrogens is 2. The van der Waals surface area contributed by atoms with Crippen molar-refractivity contribution >= 4 is 5.91 Å². The van der Waals surface area contributed by atoms with Crippen molar-refractivity contribution in [1.29, 1.82) is 0 Å². The summed E-state index contributed by atoms with van der Waals surface area (Å²) in [4.78, 5) is 25.5. The highest BCUT2D eigenvalue weighted by atomic mass is 16.3. The normalized spacial score (nSPS) is 11.2. The first-order valence-corrected chi connectivity index (χ1v) is 8.60. The molecule has 0 fully saturated rings. The van der Waals surface area contributed by atoms with Crippen molar-refractivity contribution in [3.8, 4) is 22.4 Å². The molecule has 0 spiro atoms. The van der Waals surface area contributed by atoms with Crippen molar-refractivity contribution in [2.75, 3.05) is 6.61 Å². The van der Waals surface area contributed by atoms with Crippen LogP contribution in [0.4, 0.5) is 0 Å². The zero-order valence-electron chi connectivity index (χ0n) is 15.2. The molecule has 0 unspecified atom stereocenters.